The molecule has 0 saturated heterocycles. The molecule has 7 heteroatoms. The molecule has 0 spiro atoms. The largest absolute Gasteiger partial charge is 0.341 e. The minimum Gasteiger partial charge on any atom is -0.341 e. The molecule has 1 heterocycles. The Bertz CT molecular complexity index is 580. The molecule has 1 unspecified atom stereocenters. The van der Waals surface area contributed by atoms with Gasteiger partial charge in [-0.25, -0.2) is 19.2 Å². The van der Waals surface area contributed by atoms with Gasteiger partial charge in [0.1, 0.15) is 5.82 Å². The van der Waals surface area contributed by atoms with Gasteiger partial charge in [0.15, 0.2) is 0 Å². The van der Waals surface area contributed by atoms with Gasteiger partial charge in [0.25, 0.3) is 6.43 Å². The predicted molar refractivity (Wildman–Crippen MR) is 82.6 cm³/mol. The van der Waals surface area contributed by atoms with Crippen molar-refractivity contribution >= 4 is 34.2 Å². The van der Waals surface area contributed by atoms with Gasteiger partial charge >= 0.3 is 0 Å². The third-order valence-corrected chi connectivity index (χ3v) is 4.25. The minimum atomic E-state index is -2.63. The molecule has 1 atom stereocenters. The van der Waals surface area contributed by atoms with Gasteiger partial charge in [-0.3, -0.25) is 4.79 Å². The van der Waals surface area contributed by atoms with Gasteiger partial charge in [-0.15, -0.1) is 22.9 Å². The average molecular weight is 497 g/mol. The molecule has 1 aliphatic rings. The first-order chi connectivity index (χ1) is 9.93. The minimum absolute atomic E-state index is 0. The number of carbonyl (C=O) groups excluding carboxylic acids is 1. The molecule has 1 aliphatic heterocycles. The van der Waals surface area contributed by atoms with E-state index in [4.69, 9.17) is 0 Å². The van der Waals surface area contributed by atoms with Crippen molar-refractivity contribution in [2.45, 2.75) is 30.1 Å². The molecule has 0 N–H and O–H groups in total. The maximum absolute atomic E-state index is 13.3. The van der Waals surface area contributed by atoms with Crippen LogP contribution < -0.4 is 0 Å². The van der Waals surface area contributed by atoms with Crippen molar-refractivity contribution in [2.24, 2.45) is 0 Å². The van der Waals surface area contributed by atoms with Gasteiger partial charge in [0.2, 0.25) is 5.91 Å². The number of nitrogens with zero attached hydrogens (tertiary/aromatic N) is 1. The number of hydrogen-bond donors (Lipinski definition) is 0. The number of aryl methyl sites for hydroxylation is 1. The fourth-order valence-electron chi connectivity index (χ4n) is 2.29. The fourth-order valence-corrected chi connectivity index (χ4v) is 2.85. The van der Waals surface area contributed by atoms with Gasteiger partial charge in [-0.2, -0.15) is 0 Å². The van der Waals surface area contributed by atoms with Crippen molar-refractivity contribution in [1.82, 2.24) is 4.90 Å². The van der Waals surface area contributed by atoms with Crippen LogP contribution in [0.1, 0.15) is 24.5 Å². The summed E-state index contributed by atoms with van der Waals surface area (Å²) in [5.41, 5.74) is 1.61. The van der Waals surface area contributed by atoms with Crippen molar-refractivity contribution in [2.75, 3.05) is 6.54 Å². The summed E-state index contributed by atoms with van der Waals surface area (Å²) in [6.45, 7) is 1.18. The molecule has 0 saturated carbocycles. The monoisotopic (exact) mass is 497 g/mol. The van der Waals surface area contributed by atoms with E-state index in [0.717, 1.165) is 4.90 Å². The molecular formula is C15H14F3INOY-. The number of benzene rings is 1. The van der Waals surface area contributed by atoms with Crippen LogP contribution >= 0.6 is 22.6 Å². The second-order valence-electron chi connectivity index (χ2n) is 4.69. The molecule has 1 aromatic rings. The molecule has 1 radical (unpaired) electrons. The third kappa shape index (κ3) is 4.54. The summed E-state index contributed by atoms with van der Waals surface area (Å²) in [4.78, 5) is 13.2. The van der Waals surface area contributed by atoms with Crippen molar-refractivity contribution in [3.05, 3.63) is 41.2 Å². The molecule has 2 nitrogen and oxygen atoms in total. The van der Waals surface area contributed by atoms with Crippen LogP contribution in [0.15, 0.2) is 18.2 Å². The average Bonchev–Trinajstić information content (AvgIpc) is 2.44. The van der Waals surface area contributed by atoms with E-state index in [1.165, 1.54) is 18.2 Å². The van der Waals surface area contributed by atoms with Crippen LogP contribution in [0.5, 0.6) is 0 Å². The topological polar surface area (TPSA) is 20.3 Å². The van der Waals surface area contributed by atoms with E-state index in [1.54, 1.807) is 0 Å². The summed E-state index contributed by atoms with van der Waals surface area (Å²) < 4.78 is 38.4. The Labute approximate surface area is 166 Å². The first kappa shape index (κ1) is 20.1. The normalized spacial score (nSPS) is 18.3. The zero-order valence-corrected chi connectivity index (χ0v) is 16.9. The van der Waals surface area contributed by atoms with E-state index >= 15 is 0 Å². The summed E-state index contributed by atoms with van der Waals surface area (Å²) in [7, 11) is 0. The summed E-state index contributed by atoms with van der Waals surface area (Å²) in [6, 6.07) is 4.16. The first-order valence-corrected chi connectivity index (χ1v) is 7.81. The maximum Gasteiger partial charge on any atom is 0.256 e. The van der Waals surface area contributed by atoms with Crippen molar-refractivity contribution < 1.29 is 50.7 Å². The molecule has 0 aromatic heterocycles. The van der Waals surface area contributed by atoms with Crippen LogP contribution in [0.25, 0.3) is 5.70 Å². The predicted octanol–water partition coefficient (Wildman–Crippen LogP) is 3.83. The summed E-state index contributed by atoms with van der Waals surface area (Å²) in [6.07, 6.45) is 1.31. The molecule has 1 aromatic carbocycles. The maximum atomic E-state index is 13.3. The van der Waals surface area contributed by atoms with Crippen LogP contribution in [0, 0.1) is 11.9 Å². The summed E-state index contributed by atoms with van der Waals surface area (Å²) >= 11 is 1.93. The molecule has 1 amide bonds. The number of alkyl halides is 3. The Kier molecular flexibility index (Phi) is 8.02. The fraction of sp³-hybridized carbons (Fsp3) is 0.400. The Hall–Kier alpha value is 0.0539. The number of amides is 1. The molecule has 0 bridgehead atoms. The van der Waals surface area contributed by atoms with Gasteiger partial charge < -0.3 is 4.90 Å². The van der Waals surface area contributed by atoms with E-state index in [2.05, 4.69) is 6.08 Å². The van der Waals surface area contributed by atoms with Crippen LogP contribution in [0.3, 0.4) is 0 Å². The second-order valence-corrected chi connectivity index (χ2v) is 6.20. The smallest absolute Gasteiger partial charge is 0.256 e. The second kappa shape index (κ2) is 8.78. The van der Waals surface area contributed by atoms with Crippen molar-refractivity contribution in [3.8, 4) is 0 Å². The van der Waals surface area contributed by atoms with Crippen molar-refractivity contribution in [3.63, 3.8) is 0 Å². The number of rotatable bonds is 4. The number of carbonyl (C=O) groups is 1. The SMILES string of the molecule is CCc1cc(F)ccc1C1=[C-]CC(I)C(=O)N1CC(F)F.[Y]. The van der Waals surface area contributed by atoms with E-state index < -0.39 is 16.9 Å². The van der Waals surface area contributed by atoms with Gasteiger partial charge in [0, 0.05) is 32.7 Å². The van der Waals surface area contributed by atoms with Crippen LogP contribution in [-0.2, 0) is 43.9 Å². The zero-order chi connectivity index (χ0) is 15.6. The Morgan fingerprint density at radius 3 is 2.73 bits per heavy atom. The molecular weight excluding hydrogens is 483 g/mol. The van der Waals surface area contributed by atoms with Crippen LogP contribution in [0.4, 0.5) is 13.2 Å². The van der Waals surface area contributed by atoms with E-state index in [-0.39, 0.29) is 44.4 Å². The van der Waals surface area contributed by atoms with Gasteiger partial charge in [0.05, 0.1) is 10.5 Å². The number of halogens is 4. The Morgan fingerprint density at radius 1 is 1.45 bits per heavy atom. The Balaban J connectivity index is 0.00000242. The summed E-state index contributed by atoms with van der Waals surface area (Å²) in [5, 5.41) is 0. The molecule has 22 heavy (non-hydrogen) atoms. The Morgan fingerprint density at radius 2 is 2.14 bits per heavy atom. The molecule has 2 rings (SSSR count). The number of hydrogen-bond acceptors (Lipinski definition) is 1. The van der Waals surface area contributed by atoms with Gasteiger partial charge in [-0.1, -0.05) is 35.9 Å². The molecule has 0 aliphatic carbocycles. The third-order valence-electron chi connectivity index (χ3n) is 3.28. The van der Waals surface area contributed by atoms with Crippen molar-refractivity contribution in [1.29, 1.82) is 0 Å². The first-order valence-electron chi connectivity index (χ1n) is 6.57. The van der Waals surface area contributed by atoms with E-state index in [0.29, 0.717) is 29.7 Å². The summed E-state index contributed by atoms with van der Waals surface area (Å²) in [5.74, 6) is -0.735. The standard InChI is InChI=1S/C15H14F3INO.Y/c1-2-9-7-10(16)3-4-11(9)13-6-5-12(19)15(21)20(13)8-14(17)18;/h3-4,7,12,14H,2,5,8H2,1H3;/q-1;. The quantitative estimate of drug-likeness (QED) is 0.352. The van der Waals surface area contributed by atoms with Gasteiger partial charge in [-0.05, 0) is 18.6 Å². The molecule has 0 fully saturated rings. The van der Waals surface area contributed by atoms with Crippen LogP contribution in [0.2, 0.25) is 0 Å². The van der Waals surface area contributed by atoms with Crippen LogP contribution in [-0.4, -0.2) is 27.7 Å². The van der Waals surface area contributed by atoms with E-state index in [9.17, 15) is 18.0 Å². The van der Waals surface area contributed by atoms with E-state index in [1.807, 2.05) is 29.5 Å². The molecule has 117 valence electrons. The zero-order valence-electron chi connectivity index (χ0n) is 12.0. The number of allylic oxidation sites excluding steroid dienone is 1.